The van der Waals surface area contributed by atoms with E-state index in [1.54, 1.807) is 0 Å². The van der Waals surface area contributed by atoms with Crippen LogP contribution in [0.1, 0.15) is 24.0 Å². The van der Waals surface area contributed by atoms with Crippen LogP contribution in [0.15, 0.2) is 18.2 Å². The number of benzene rings is 1. The van der Waals surface area contributed by atoms with Crippen molar-refractivity contribution in [2.45, 2.75) is 30.6 Å². The fourth-order valence-corrected chi connectivity index (χ4v) is 2.46. The monoisotopic (exact) mass is 274 g/mol. The summed E-state index contributed by atoms with van der Waals surface area (Å²) >= 11 is 0. The number of alkyl halides is 3. The van der Waals surface area contributed by atoms with Gasteiger partial charge >= 0.3 is 6.18 Å². The molecule has 0 aromatic heterocycles. The fourth-order valence-electron chi connectivity index (χ4n) is 2.46. The van der Waals surface area contributed by atoms with Gasteiger partial charge in [-0.15, -0.1) is 0 Å². The first kappa shape index (κ1) is 12.9. The molecule has 1 aliphatic carbocycles. The summed E-state index contributed by atoms with van der Waals surface area (Å²) < 4.78 is 51.4. The smallest absolute Gasteiger partial charge is 0.314 e. The Bertz CT molecular complexity index is 490. The van der Waals surface area contributed by atoms with Gasteiger partial charge in [0.25, 0.3) is 0 Å². The molecule has 6 heteroatoms. The normalized spacial score (nSPS) is 22.1. The van der Waals surface area contributed by atoms with Gasteiger partial charge in [0, 0.05) is 24.7 Å². The van der Waals surface area contributed by atoms with Crippen LogP contribution >= 0.6 is 0 Å². The Morgan fingerprint density at radius 1 is 1.21 bits per heavy atom. The molecule has 0 unspecified atom stereocenters. The predicted octanol–water partition coefficient (Wildman–Crippen LogP) is 2.40. The Hall–Kier alpha value is -1.14. The molecule has 0 radical (unpaired) electrons. The number of hydrogen-bond acceptors (Lipinski definition) is 2. The van der Waals surface area contributed by atoms with Gasteiger partial charge < -0.3 is 10.6 Å². The van der Waals surface area contributed by atoms with Crippen LogP contribution in [0.4, 0.5) is 17.6 Å². The predicted molar refractivity (Wildman–Crippen MR) is 62.1 cm³/mol. The molecule has 1 heterocycles. The zero-order valence-corrected chi connectivity index (χ0v) is 10.1. The lowest BCUT2D eigenvalue weighted by atomic mass is 9.99. The molecule has 0 amide bonds. The van der Waals surface area contributed by atoms with E-state index in [4.69, 9.17) is 0 Å². The van der Waals surface area contributed by atoms with E-state index >= 15 is 0 Å². The Balaban J connectivity index is 1.88. The molecule has 19 heavy (non-hydrogen) atoms. The molecule has 104 valence electrons. The number of halogens is 4. The molecule has 2 fully saturated rings. The summed E-state index contributed by atoms with van der Waals surface area (Å²) in [5, 5.41) is 6.47. The standard InChI is InChI=1S/C13H14F4N2/c14-11-2-1-8(5-10(11)13(15,16)17)12(3-4-12)19-9-6-18-7-9/h1-2,5,9,18-19H,3-4,6-7H2. The lowest BCUT2D eigenvalue weighted by molar-refractivity contribution is -0.140. The van der Waals surface area contributed by atoms with Crippen LogP contribution in [0.25, 0.3) is 0 Å². The molecule has 3 rings (SSSR count). The minimum absolute atomic E-state index is 0.293. The molecule has 2 nitrogen and oxygen atoms in total. The summed E-state index contributed by atoms with van der Waals surface area (Å²) in [4.78, 5) is 0. The molecule has 0 spiro atoms. The molecule has 1 aliphatic heterocycles. The van der Waals surface area contributed by atoms with Gasteiger partial charge in [-0.3, -0.25) is 0 Å². The average molecular weight is 274 g/mol. The van der Waals surface area contributed by atoms with Crippen molar-refractivity contribution < 1.29 is 17.6 Å². The van der Waals surface area contributed by atoms with E-state index in [0.29, 0.717) is 11.6 Å². The van der Waals surface area contributed by atoms with Crippen molar-refractivity contribution in [2.75, 3.05) is 13.1 Å². The van der Waals surface area contributed by atoms with E-state index < -0.39 is 17.6 Å². The van der Waals surface area contributed by atoms with Crippen LogP contribution in [0.2, 0.25) is 0 Å². The van der Waals surface area contributed by atoms with E-state index in [9.17, 15) is 17.6 Å². The SMILES string of the molecule is Fc1ccc(C2(NC3CNC3)CC2)cc1C(F)(F)F. The first-order chi connectivity index (χ1) is 8.91. The zero-order chi connectivity index (χ0) is 13.7. The van der Waals surface area contributed by atoms with E-state index in [-0.39, 0.29) is 5.54 Å². The number of nitrogens with one attached hydrogen (secondary N) is 2. The van der Waals surface area contributed by atoms with Crippen LogP contribution in [0.3, 0.4) is 0 Å². The second kappa shape index (κ2) is 4.18. The maximum atomic E-state index is 13.3. The molecular weight excluding hydrogens is 260 g/mol. The molecule has 2 aliphatic rings. The third kappa shape index (κ3) is 2.34. The highest BCUT2D eigenvalue weighted by Crippen LogP contribution is 2.47. The maximum absolute atomic E-state index is 13.3. The van der Waals surface area contributed by atoms with Crippen molar-refractivity contribution in [3.8, 4) is 0 Å². The Kier molecular flexibility index (Phi) is 2.83. The molecule has 1 aromatic carbocycles. The quantitative estimate of drug-likeness (QED) is 0.827. The third-order valence-corrected chi connectivity index (χ3v) is 3.84. The van der Waals surface area contributed by atoms with Crippen LogP contribution in [-0.4, -0.2) is 19.1 Å². The molecule has 1 saturated heterocycles. The van der Waals surface area contributed by atoms with Gasteiger partial charge in [-0.1, -0.05) is 6.07 Å². The number of rotatable bonds is 3. The minimum Gasteiger partial charge on any atom is -0.314 e. The summed E-state index contributed by atoms with van der Waals surface area (Å²) in [6.45, 7) is 1.66. The van der Waals surface area contributed by atoms with Gasteiger partial charge in [0.05, 0.1) is 5.56 Å². The zero-order valence-electron chi connectivity index (χ0n) is 10.1. The van der Waals surface area contributed by atoms with Gasteiger partial charge in [0.2, 0.25) is 0 Å². The molecule has 1 saturated carbocycles. The highest BCUT2D eigenvalue weighted by atomic mass is 19.4. The topological polar surface area (TPSA) is 24.1 Å². The van der Waals surface area contributed by atoms with Crippen molar-refractivity contribution in [1.82, 2.24) is 10.6 Å². The number of hydrogen-bond donors (Lipinski definition) is 2. The Labute approximate surface area is 108 Å². The first-order valence-electron chi connectivity index (χ1n) is 6.26. The van der Waals surface area contributed by atoms with Gasteiger partial charge in [-0.05, 0) is 30.5 Å². The molecule has 0 atom stereocenters. The minimum atomic E-state index is -4.64. The third-order valence-electron chi connectivity index (χ3n) is 3.84. The molecule has 2 N–H and O–H groups in total. The van der Waals surface area contributed by atoms with E-state index in [1.165, 1.54) is 6.07 Å². The van der Waals surface area contributed by atoms with Crippen LogP contribution in [0.5, 0.6) is 0 Å². The highest BCUT2D eigenvalue weighted by Gasteiger charge is 2.47. The average Bonchev–Trinajstić information content (AvgIpc) is 3.04. The van der Waals surface area contributed by atoms with E-state index in [2.05, 4.69) is 10.6 Å². The van der Waals surface area contributed by atoms with E-state index in [0.717, 1.165) is 38.1 Å². The second-order valence-electron chi connectivity index (χ2n) is 5.27. The summed E-state index contributed by atoms with van der Waals surface area (Å²) in [5.41, 5.74) is -1.03. The van der Waals surface area contributed by atoms with Crippen LogP contribution in [-0.2, 0) is 11.7 Å². The van der Waals surface area contributed by atoms with Crippen molar-refractivity contribution in [3.63, 3.8) is 0 Å². The maximum Gasteiger partial charge on any atom is 0.419 e. The molecular formula is C13H14F4N2. The summed E-state index contributed by atoms with van der Waals surface area (Å²) in [6.07, 6.45) is -3.05. The fraction of sp³-hybridized carbons (Fsp3) is 0.538. The summed E-state index contributed by atoms with van der Waals surface area (Å²) in [5.74, 6) is -1.21. The van der Waals surface area contributed by atoms with Crippen molar-refractivity contribution in [2.24, 2.45) is 0 Å². The van der Waals surface area contributed by atoms with Crippen molar-refractivity contribution >= 4 is 0 Å². The Morgan fingerprint density at radius 2 is 1.89 bits per heavy atom. The van der Waals surface area contributed by atoms with Crippen molar-refractivity contribution in [3.05, 3.63) is 35.1 Å². The van der Waals surface area contributed by atoms with Gasteiger partial charge in [-0.25, -0.2) is 4.39 Å². The Morgan fingerprint density at radius 3 is 2.37 bits per heavy atom. The molecule has 0 bridgehead atoms. The van der Waals surface area contributed by atoms with Gasteiger partial charge in [0.1, 0.15) is 5.82 Å². The second-order valence-corrected chi connectivity index (χ2v) is 5.27. The summed E-state index contributed by atoms with van der Waals surface area (Å²) in [7, 11) is 0. The highest BCUT2D eigenvalue weighted by molar-refractivity contribution is 5.36. The van der Waals surface area contributed by atoms with Crippen LogP contribution in [0, 0.1) is 5.82 Å². The van der Waals surface area contributed by atoms with Gasteiger partial charge in [-0.2, -0.15) is 13.2 Å². The first-order valence-corrected chi connectivity index (χ1v) is 6.26. The summed E-state index contributed by atoms with van der Waals surface area (Å²) in [6, 6.07) is 3.61. The largest absolute Gasteiger partial charge is 0.419 e. The van der Waals surface area contributed by atoms with E-state index in [1.807, 2.05) is 0 Å². The lowest BCUT2D eigenvalue weighted by Gasteiger charge is -2.33. The lowest BCUT2D eigenvalue weighted by Crippen LogP contribution is -2.58. The van der Waals surface area contributed by atoms with Crippen molar-refractivity contribution in [1.29, 1.82) is 0 Å². The molecule has 1 aromatic rings. The van der Waals surface area contributed by atoms with Gasteiger partial charge in [0.15, 0.2) is 0 Å². The van der Waals surface area contributed by atoms with Crippen LogP contribution < -0.4 is 10.6 Å².